The van der Waals surface area contributed by atoms with Gasteiger partial charge in [-0.3, -0.25) is 9.59 Å². The lowest BCUT2D eigenvalue weighted by atomic mass is 10.0. The van der Waals surface area contributed by atoms with E-state index < -0.39 is 11.7 Å². The number of rotatable bonds is 2. The first-order valence-electron chi connectivity index (χ1n) is 7.54. The van der Waals surface area contributed by atoms with Gasteiger partial charge in [-0.2, -0.15) is 10.1 Å². The number of nitrogens with zero attached hydrogens (tertiary/aromatic N) is 4. The summed E-state index contributed by atoms with van der Waals surface area (Å²) in [7, 11) is 0. The Kier molecular flexibility index (Phi) is 3.74. The van der Waals surface area contributed by atoms with Gasteiger partial charge < -0.3 is 0 Å². The monoisotopic (exact) mass is 350 g/mol. The molecule has 2 heterocycles. The van der Waals surface area contributed by atoms with Crippen molar-refractivity contribution in [2.75, 3.05) is 5.01 Å². The van der Waals surface area contributed by atoms with Crippen molar-refractivity contribution in [3.8, 4) is 0 Å². The van der Waals surface area contributed by atoms with Crippen LogP contribution in [0.2, 0.25) is 5.02 Å². The number of hydrogen-bond donors (Lipinski definition) is 0. The molecule has 1 aliphatic rings. The number of amides is 1. The second-order valence-electron chi connectivity index (χ2n) is 5.48. The number of benzene rings is 2. The normalized spacial score (nSPS) is 14.8. The maximum Gasteiger partial charge on any atom is 0.316 e. The van der Waals surface area contributed by atoms with E-state index in [0.717, 1.165) is 10.6 Å². The first-order valence-corrected chi connectivity index (χ1v) is 7.92. The van der Waals surface area contributed by atoms with Gasteiger partial charge in [-0.1, -0.05) is 35.9 Å². The van der Waals surface area contributed by atoms with E-state index in [4.69, 9.17) is 11.6 Å². The van der Waals surface area contributed by atoms with Crippen molar-refractivity contribution in [2.24, 2.45) is 5.10 Å². The van der Waals surface area contributed by atoms with Crippen LogP contribution in [0.4, 0.5) is 5.82 Å². The van der Waals surface area contributed by atoms with Crippen molar-refractivity contribution >= 4 is 45.7 Å². The molecule has 4 rings (SSSR count). The Morgan fingerprint density at radius 2 is 1.72 bits per heavy atom. The van der Waals surface area contributed by atoms with Gasteiger partial charge in [-0.25, -0.2) is 9.97 Å². The van der Waals surface area contributed by atoms with E-state index in [9.17, 15) is 9.59 Å². The predicted octanol–water partition coefficient (Wildman–Crippen LogP) is 2.99. The predicted molar refractivity (Wildman–Crippen MR) is 94.6 cm³/mol. The third-order valence-electron chi connectivity index (χ3n) is 3.88. The molecule has 0 bridgehead atoms. The van der Waals surface area contributed by atoms with Crippen LogP contribution < -0.4 is 5.01 Å². The van der Waals surface area contributed by atoms with Gasteiger partial charge in [-0.15, -0.1) is 0 Å². The Hall–Kier alpha value is -3.12. The summed E-state index contributed by atoms with van der Waals surface area (Å²) in [5.41, 5.74) is 1.89. The van der Waals surface area contributed by atoms with Crippen LogP contribution in [0, 0.1) is 0 Å². The minimum atomic E-state index is -0.707. The Morgan fingerprint density at radius 3 is 2.52 bits per heavy atom. The average molecular weight is 351 g/mol. The van der Waals surface area contributed by atoms with E-state index >= 15 is 0 Å². The van der Waals surface area contributed by atoms with Gasteiger partial charge in [0.15, 0.2) is 5.82 Å². The number of halogens is 1. The highest BCUT2D eigenvalue weighted by Gasteiger charge is 2.32. The number of aromatic nitrogens is 2. The Labute approximate surface area is 147 Å². The van der Waals surface area contributed by atoms with Gasteiger partial charge in [0.1, 0.15) is 6.33 Å². The molecule has 25 heavy (non-hydrogen) atoms. The SMILES string of the molecule is O=C1CC(c2ccc(Cl)cc2)=NN(c2ncnc3ccccc23)C1=O. The van der Waals surface area contributed by atoms with Crippen LogP contribution in [0.3, 0.4) is 0 Å². The van der Waals surface area contributed by atoms with Crippen molar-refractivity contribution in [3.05, 3.63) is 65.4 Å². The molecule has 0 atom stereocenters. The molecule has 0 saturated carbocycles. The lowest BCUT2D eigenvalue weighted by molar-refractivity contribution is -0.136. The second kappa shape index (κ2) is 6.07. The standard InChI is InChI=1S/C18H11ClN4O2/c19-12-7-5-11(6-8-12)15-9-16(24)18(25)23(22-15)17-13-3-1-2-4-14(13)20-10-21-17/h1-8,10H,9H2. The third-order valence-corrected chi connectivity index (χ3v) is 4.13. The number of ketones is 1. The molecular weight excluding hydrogens is 340 g/mol. The molecule has 0 spiro atoms. The number of para-hydroxylation sites is 1. The molecule has 6 nitrogen and oxygen atoms in total. The fraction of sp³-hybridized carbons (Fsp3) is 0.0556. The summed E-state index contributed by atoms with van der Waals surface area (Å²) in [5, 5.41) is 6.67. The molecule has 7 heteroatoms. The van der Waals surface area contributed by atoms with Crippen molar-refractivity contribution in [2.45, 2.75) is 6.42 Å². The molecule has 0 fully saturated rings. The number of carbonyl (C=O) groups is 2. The van der Waals surface area contributed by atoms with Crippen LogP contribution in [0.15, 0.2) is 60.0 Å². The van der Waals surface area contributed by atoms with Gasteiger partial charge in [0.2, 0.25) is 5.78 Å². The molecule has 1 amide bonds. The number of carbonyl (C=O) groups excluding carboxylic acids is 2. The van der Waals surface area contributed by atoms with E-state index in [1.807, 2.05) is 12.1 Å². The second-order valence-corrected chi connectivity index (χ2v) is 5.92. The van der Waals surface area contributed by atoms with Crippen molar-refractivity contribution in [1.29, 1.82) is 0 Å². The van der Waals surface area contributed by atoms with Gasteiger partial charge >= 0.3 is 5.91 Å². The molecule has 0 unspecified atom stereocenters. The summed E-state index contributed by atoms with van der Waals surface area (Å²) >= 11 is 5.90. The molecule has 1 aliphatic heterocycles. The minimum absolute atomic E-state index is 0.0556. The molecule has 3 aromatic rings. The zero-order chi connectivity index (χ0) is 17.4. The largest absolute Gasteiger partial charge is 0.316 e. The fourth-order valence-electron chi connectivity index (χ4n) is 2.65. The number of Topliss-reactive ketones (excluding diaryl/α,β-unsaturated/α-hetero) is 1. The molecule has 0 radical (unpaired) electrons. The highest BCUT2D eigenvalue weighted by molar-refractivity contribution is 6.47. The zero-order valence-electron chi connectivity index (χ0n) is 12.9. The summed E-state index contributed by atoms with van der Waals surface area (Å²) in [6.45, 7) is 0. The van der Waals surface area contributed by atoms with Gasteiger partial charge in [0, 0.05) is 10.4 Å². The number of hydrazone groups is 1. The molecule has 2 aromatic carbocycles. The van der Waals surface area contributed by atoms with Crippen LogP contribution in [0.25, 0.3) is 10.9 Å². The Balaban J connectivity index is 1.86. The maximum atomic E-state index is 12.4. The molecular formula is C18H11ClN4O2. The van der Waals surface area contributed by atoms with Crippen molar-refractivity contribution in [3.63, 3.8) is 0 Å². The van der Waals surface area contributed by atoms with Crippen molar-refractivity contribution in [1.82, 2.24) is 9.97 Å². The smallest absolute Gasteiger partial charge is 0.288 e. The molecule has 0 aliphatic carbocycles. The fourth-order valence-corrected chi connectivity index (χ4v) is 2.78. The van der Waals surface area contributed by atoms with Gasteiger partial charge in [0.25, 0.3) is 0 Å². The zero-order valence-corrected chi connectivity index (χ0v) is 13.6. The highest BCUT2D eigenvalue weighted by Crippen LogP contribution is 2.26. The lowest BCUT2D eigenvalue weighted by Gasteiger charge is -2.22. The minimum Gasteiger partial charge on any atom is -0.288 e. The first-order chi connectivity index (χ1) is 12.1. The van der Waals surface area contributed by atoms with Gasteiger partial charge in [0.05, 0.1) is 17.6 Å². The van der Waals surface area contributed by atoms with Gasteiger partial charge in [-0.05, 0) is 29.8 Å². The van der Waals surface area contributed by atoms with E-state index in [2.05, 4.69) is 15.1 Å². The first kappa shape index (κ1) is 15.4. The molecule has 0 saturated heterocycles. The maximum absolute atomic E-state index is 12.4. The van der Waals surface area contributed by atoms with Crippen LogP contribution in [0.5, 0.6) is 0 Å². The summed E-state index contributed by atoms with van der Waals surface area (Å²) in [6, 6.07) is 14.2. The van der Waals surface area contributed by atoms with E-state index in [1.54, 1.807) is 36.4 Å². The summed E-state index contributed by atoms with van der Waals surface area (Å²) < 4.78 is 0. The number of fused-ring (bicyclic) bond motifs is 1. The third kappa shape index (κ3) is 2.77. The van der Waals surface area contributed by atoms with Crippen LogP contribution in [-0.4, -0.2) is 27.4 Å². The number of anilines is 1. The van der Waals surface area contributed by atoms with E-state index in [-0.39, 0.29) is 12.2 Å². The molecule has 1 aromatic heterocycles. The lowest BCUT2D eigenvalue weighted by Crippen LogP contribution is -2.39. The summed E-state index contributed by atoms with van der Waals surface area (Å²) in [5.74, 6) is -0.959. The van der Waals surface area contributed by atoms with Crippen LogP contribution in [0.1, 0.15) is 12.0 Å². The van der Waals surface area contributed by atoms with Crippen LogP contribution >= 0.6 is 11.6 Å². The molecule has 0 N–H and O–H groups in total. The average Bonchev–Trinajstić information content (AvgIpc) is 2.64. The number of hydrogen-bond acceptors (Lipinski definition) is 5. The van der Waals surface area contributed by atoms with E-state index in [1.165, 1.54) is 6.33 Å². The summed E-state index contributed by atoms with van der Waals surface area (Å²) in [4.78, 5) is 33.0. The Morgan fingerprint density at radius 1 is 0.960 bits per heavy atom. The summed E-state index contributed by atoms with van der Waals surface area (Å²) in [6.07, 6.45) is 1.29. The Bertz CT molecular complexity index is 1030. The topological polar surface area (TPSA) is 75.5 Å². The van der Waals surface area contributed by atoms with E-state index in [0.29, 0.717) is 21.6 Å². The quantitative estimate of drug-likeness (QED) is 0.666. The van der Waals surface area contributed by atoms with Crippen LogP contribution in [-0.2, 0) is 9.59 Å². The molecule has 122 valence electrons. The van der Waals surface area contributed by atoms with Crippen molar-refractivity contribution < 1.29 is 9.59 Å². The highest BCUT2D eigenvalue weighted by atomic mass is 35.5.